The number of rotatable bonds is 5. The number of benzene rings is 1. The Hall–Kier alpha value is -3.41. The highest BCUT2D eigenvalue weighted by Crippen LogP contribution is 2.44. The zero-order chi connectivity index (χ0) is 25.6. The van der Waals surface area contributed by atoms with Crippen LogP contribution in [0.5, 0.6) is 5.75 Å². The molecule has 1 aromatic carbocycles. The van der Waals surface area contributed by atoms with Crippen LogP contribution in [0.2, 0.25) is 0 Å². The predicted octanol–water partition coefficient (Wildman–Crippen LogP) is 3.68. The number of carbonyl (C=O) groups is 1. The maximum absolute atomic E-state index is 13.9. The average molecular weight is 504 g/mol. The van der Waals surface area contributed by atoms with E-state index in [4.69, 9.17) is 4.74 Å². The average Bonchev–Trinajstić information content (AvgIpc) is 3.45. The highest BCUT2D eigenvalue weighted by atomic mass is 19.4. The van der Waals surface area contributed by atoms with Crippen LogP contribution in [0.4, 0.5) is 24.8 Å². The lowest BCUT2D eigenvalue weighted by Crippen LogP contribution is -2.40. The van der Waals surface area contributed by atoms with Crippen molar-refractivity contribution in [1.29, 1.82) is 0 Å². The fourth-order valence-corrected chi connectivity index (χ4v) is 5.29. The number of hydrogen-bond donors (Lipinski definition) is 1. The normalized spacial score (nSPS) is 20.6. The van der Waals surface area contributed by atoms with Gasteiger partial charge in [-0.1, -0.05) is 0 Å². The molecule has 1 unspecified atom stereocenters. The van der Waals surface area contributed by atoms with Crippen molar-refractivity contribution in [3.63, 3.8) is 0 Å². The van der Waals surface area contributed by atoms with Crippen LogP contribution in [0.1, 0.15) is 36.9 Å². The lowest BCUT2D eigenvalue weighted by atomic mass is 9.91. The smallest absolute Gasteiger partial charge is 0.408 e. The molecule has 2 atom stereocenters. The van der Waals surface area contributed by atoms with Crippen molar-refractivity contribution in [3.8, 4) is 5.75 Å². The first-order chi connectivity index (χ1) is 17.2. The number of amides is 1. The van der Waals surface area contributed by atoms with Gasteiger partial charge >= 0.3 is 6.18 Å². The highest BCUT2D eigenvalue weighted by molar-refractivity contribution is 5.76. The third-order valence-corrected chi connectivity index (χ3v) is 7.03. The van der Waals surface area contributed by atoms with E-state index in [-0.39, 0.29) is 23.5 Å². The van der Waals surface area contributed by atoms with Gasteiger partial charge in [0.25, 0.3) is 0 Å². The van der Waals surface area contributed by atoms with Crippen LogP contribution < -0.4 is 10.1 Å². The summed E-state index contributed by atoms with van der Waals surface area (Å²) in [4.78, 5) is 24.0. The van der Waals surface area contributed by atoms with E-state index in [1.165, 1.54) is 25.1 Å². The molecule has 2 aliphatic rings. The maximum atomic E-state index is 13.9. The number of ether oxygens (including phenoxy) is 1. The quantitative estimate of drug-likeness (QED) is 0.568. The van der Waals surface area contributed by atoms with Gasteiger partial charge in [-0.15, -0.1) is 0 Å². The standard InChI is InChI=1S/C24H28F3N7O2/c1-14(35)33-7-4-5-17(33)13-34-22-16(12-29-34)11-28-23(31-22)30-19-10-18-15(9-20(19)36-3)6-8-32(2)21(18)24(25,26)27/h9-12,17,21H,4-8,13H2,1-3H3,(H,28,30,31)/t17-,21?/m0/s1. The molecule has 2 aromatic heterocycles. The number of halogens is 3. The van der Waals surface area contributed by atoms with Crippen LogP contribution in [0.25, 0.3) is 11.0 Å². The third kappa shape index (κ3) is 4.45. The minimum Gasteiger partial charge on any atom is -0.495 e. The number of alkyl halides is 3. The van der Waals surface area contributed by atoms with Crippen LogP contribution in [0.15, 0.2) is 24.5 Å². The lowest BCUT2D eigenvalue weighted by molar-refractivity contribution is -0.185. The number of methoxy groups -OCH3 is 1. The van der Waals surface area contributed by atoms with Crippen LogP contribution in [-0.4, -0.2) is 74.9 Å². The Kier molecular flexibility index (Phi) is 6.23. The molecule has 1 N–H and O–H groups in total. The second-order valence-corrected chi connectivity index (χ2v) is 9.36. The molecule has 0 bridgehead atoms. The largest absolute Gasteiger partial charge is 0.495 e. The van der Waals surface area contributed by atoms with E-state index < -0.39 is 12.2 Å². The van der Waals surface area contributed by atoms with Crippen molar-refractivity contribution in [2.45, 2.75) is 51.0 Å². The molecule has 5 rings (SSSR count). The molecule has 192 valence electrons. The summed E-state index contributed by atoms with van der Waals surface area (Å²) in [6.07, 6.45) is 1.19. The number of fused-ring (bicyclic) bond motifs is 2. The Morgan fingerprint density at radius 2 is 2.06 bits per heavy atom. The minimum absolute atomic E-state index is 0.0354. The van der Waals surface area contributed by atoms with Gasteiger partial charge in [0.15, 0.2) is 5.65 Å². The number of nitrogens with zero attached hydrogens (tertiary/aromatic N) is 6. The second-order valence-electron chi connectivity index (χ2n) is 9.36. The zero-order valence-corrected chi connectivity index (χ0v) is 20.3. The minimum atomic E-state index is -4.41. The van der Waals surface area contributed by atoms with Gasteiger partial charge in [-0.05, 0) is 49.6 Å². The van der Waals surface area contributed by atoms with E-state index >= 15 is 0 Å². The summed E-state index contributed by atoms with van der Waals surface area (Å²) in [5.74, 6) is 0.665. The number of likely N-dealkylation sites (N-methyl/N-ethyl adjacent to an activating group) is 1. The van der Waals surface area contributed by atoms with E-state index in [1.54, 1.807) is 30.1 Å². The molecule has 9 nitrogen and oxygen atoms in total. The summed E-state index contributed by atoms with van der Waals surface area (Å²) in [5.41, 5.74) is 1.73. The molecule has 12 heteroatoms. The molecule has 0 aliphatic carbocycles. The Bertz CT molecular complexity index is 1290. The number of hydrogen-bond acceptors (Lipinski definition) is 7. The van der Waals surface area contributed by atoms with Gasteiger partial charge in [0.2, 0.25) is 11.9 Å². The molecular formula is C24H28F3N7O2. The van der Waals surface area contributed by atoms with Crippen molar-refractivity contribution in [2.24, 2.45) is 0 Å². The molecule has 1 fully saturated rings. The van der Waals surface area contributed by atoms with Crippen molar-refractivity contribution >= 4 is 28.6 Å². The molecule has 0 spiro atoms. The molecule has 0 saturated carbocycles. The van der Waals surface area contributed by atoms with Crippen molar-refractivity contribution in [3.05, 3.63) is 35.7 Å². The summed E-state index contributed by atoms with van der Waals surface area (Å²) in [6, 6.07) is 1.47. The molecule has 2 aliphatic heterocycles. The molecular weight excluding hydrogens is 475 g/mol. The van der Waals surface area contributed by atoms with Crippen molar-refractivity contribution in [1.82, 2.24) is 29.5 Å². The Labute approximate surface area is 206 Å². The Morgan fingerprint density at radius 1 is 1.25 bits per heavy atom. The van der Waals surface area contributed by atoms with E-state index in [9.17, 15) is 18.0 Å². The van der Waals surface area contributed by atoms with Crippen LogP contribution in [0.3, 0.4) is 0 Å². The zero-order valence-electron chi connectivity index (χ0n) is 20.3. The molecule has 1 saturated heterocycles. The Balaban J connectivity index is 1.47. The number of carbonyl (C=O) groups excluding carboxylic acids is 1. The number of aromatic nitrogens is 4. The van der Waals surface area contributed by atoms with Gasteiger partial charge in [-0.2, -0.15) is 23.3 Å². The van der Waals surface area contributed by atoms with E-state index in [0.717, 1.165) is 24.8 Å². The van der Waals surface area contributed by atoms with E-state index in [2.05, 4.69) is 20.4 Å². The number of nitrogens with one attached hydrogen (secondary N) is 1. The van der Waals surface area contributed by atoms with Crippen molar-refractivity contribution in [2.75, 3.05) is 32.6 Å². The van der Waals surface area contributed by atoms with Gasteiger partial charge in [-0.3, -0.25) is 9.69 Å². The molecule has 3 aromatic rings. The summed E-state index contributed by atoms with van der Waals surface area (Å²) in [6.45, 7) is 3.10. The topological polar surface area (TPSA) is 88.4 Å². The summed E-state index contributed by atoms with van der Waals surface area (Å²) in [5, 5.41) is 8.21. The first-order valence-electron chi connectivity index (χ1n) is 11.9. The monoisotopic (exact) mass is 503 g/mol. The van der Waals surface area contributed by atoms with Gasteiger partial charge in [0.05, 0.1) is 37.0 Å². The molecule has 36 heavy (non-hydrogen) atoms. The summed E-state index contributed by atoms with van der Waals surface area (Å²) < 4.78 is 48.9. The summed E-state index contributed by atoms with van der Waals surface area (Å²) in [7, 11) is 2.96. The Morgan fingerprint density at radius 3 is 2.78 bits per heavy atom. The van der Waals surface area contributed by atoms with E-state index in [1.807, 2.05) is 4.90 Å². The van der Waals surface area contributed by atoms with Gasteiger partial charge in [0.1, 0.15) is 11.8 Å². The second kappa shape index (κ2) is 9.23. The third-order valence-electron chi connectivity index (χ3n) is 7.03. The predicted molar refractivity (Wildman–Crippen MR) is 127 cm³/mol. The maximum Gasteiger partial charge on any atom is 0.408 e. The van der Waals surface area contributed by atoms with Gasteiger partial charge < -0.3 is 15.0 Å². The fraction of sp³-hybridized carbons (Fsp3) is 0.500. The SMILES string of the molecule is COc1cc2c(cc1Nc1ncc3cnn(C[C@@H]4CCCN4C(C)=O)c3n1)C(C(F)(F)F)N(C)CC2. The first kappa shape index (κ1) is 24.3. The molecule has 4 heterocycles. The van der Waals surface area contributed by atoms with Crippen molar-refractivity contribution < 1.29 is 22.7 Å². The van der Waals surface area contributed by atoms with Crippen LogP contribution >= 0.6 is 0 Å². The highest BCUT2D eigenvalue weighted by Gasteiger charge is 2.46. The van der Waals surface area contributed by atoms with E-state index in [0.29, 0.717) is 42.2 Å². The first-order valence-corrected chi connectivity index (χ1v) is 11.9. The number of anilines is 2. The fourth-order valence-electron chi connectivity index (χ4n) is 5.29. The van der Waals surface area contributed by atoms with Crippen LogP contribution in [0, 0.1) is 0 Å². The van der Waals surface area contributed by atoms with Gasteiger partial charge in [0, 0.05) is 26.2 Å². The van der Waals surface area contributed by atoms with Crippen LogP contribution in [-0.2, 0) is 17.8 Å². The lowest BCUT2D eigenvalue weighted by Gasteiger charge is -2.36. The number of likely N-dealkylation sites (tertiary alicyclic amines) is 1. The molecule has 0 radical (unpaired) electrons. The van der Waals surface area contributed by atoms with Gasteiger partial charge in [-0.25, -0.2) is 9.67 Å². The summed E-state index contributed by atoms with van der Waals surface area (Å²) >= 11 is 0. The molecule has 1 amide bonds.